The minimum atomic E-state index is 0.661. The standard InChI is InChI=1S/C15H20N4O2.C3H5NO/c1-20-13-7-10-11(16)8-15(19-5-3-17-4-6-19)18-12(10)9-14(13)21-2;1-2-5-3-4-1/h7-9,17H,3-6H2,1-2H3,(H2,16,18);3H,1-2H2. The number of hydrogen-bond acceptors (Lipinski definition) is 8. The van der Waals surface area contributed by atoms with Crippen molar-refractivity contribution < 1.29 is 14.2 Å². The van der Waals surface area contributed by atoms with Crippen molar-refractivity contribution >= 4 is 28.8 Å². The van der Waals surface area contributed by atoms with Gasteiger partial charge in [-0.15, -0.1) is 0 Å². The first-order valence-electron chi connectivity index (χ1n) is 8.60. The van der Waals surface area contributed by atoms with E-state index in [2.05, 4.69) is 19.9 Å². The van der Waals surface area contributed by atoms with Crippen LogP contribution in [0.1, 0.15) is 0 Å². The van der Waals surface area contributed by atoms with Crippen LogP contribution in [0.3, 0.4) is 0 Å². The Labute approximate surface area is 152 Å². The molecule has 0 bridgehead atoms. The highest BCUT2D eigenvalue weighted by Crippen LogP contribution is 2.35. The molecular formula is C18H25N5O3. The molecule has 0 atom stereocenters. The van der Waals surface area contributed by atoms with Crippen LogP contribution in [0.5, 0.6) is 11.5 Å². The summed E-state index contributed by atoms with van der Waals surface area (Å²) in [7, 11) is 3.23. The minimum absolute atomic E-state index is 0.661. The van der Waals surface area contributed by atoms with E-state index in [0.717, 1.165) is 56.1 Å². The summed E-state index contributed by atoms with van der Waals surface area (Å²) in [5.41, 5.74) is 7.72. The number of pyridine rings is 1. The van der Waals surface area contributed by atoms with Gasteiger partial charge < -0.3 is 30.2 Å². The van der Waals surface area contributed by atoms with Crippen molar-refractivity contribution in [3.8, 4) is 11.5 Å². The van der Waals surface area contributed by atoms with Crippen molar-refractivity contribution in [2.24, 2.45) is 4.99 Å². The number of hydrogen-bond donors (Lipinski definition) is 2. The zero-order chi connectivity index (χ0) is 18.4. The summed E-state index contributed by atoms with van der Waals surface area (Å²) in [6.45, 7) is 5.42. The number of nitrogens with two attached hydrogens (primary N) is 1. The Hall–Kier alpha value is -2.74. The van der Waals surface area contributed by atoms with E-state index < -0.39 is 0 Å². The van der Waals surface area contributed by atoms with Crippen molar-refractivity contribution in [1.82, 2.24) is 10.3 Å². The average molecular weight is 359 g/mol. The maximum atomic E-state index is 6.20. The fraction of sp³-hybridized carbons (Fsp3) is 0.444. The van der Waals surface area contributed by atoms with Gasteiger partial charge in [-0.25, -0.2) is 4.98 Å². The largest absolute Gasteiger partial charge is 0.493 e. The lowest BCUT2D eigenvalue weighted by atomic mass is 10.1. The fourth-order valence-corrected chi connectivity index (χ4v) is 2.88. The van der Waals surface area contributed by atoms with E-state index in [1.807, 2.05) is 18.2 Å². The summed E-state index contributed by atoms with van der Waals surface area (Å²) >= 11 is 0. The molecule has 0 spiro atoms. The van der Waals surface area contributed by atoms with Gasteiger partial charge in [-0.2, -0.15) is 0 Å². The number of fused-ring (bicyclic) bond motifs is 1. The summed E-state index contributed by atoms with van der Waals surface area (Å²) in [6, 6.07) is 5.67. The topological polar surface area (TPSA) is 94.2 Å². The first-order valence-corrected chi connectivity index (χ1v) is 8.60. The average Bonchev–Trinajstić information content (AvgIpc) is 3.27. The van der Waals surface area contributed by atoms with Crippen molar-refractivity contribution in [3.05, 3.63) is 18.2 Å². The third kappa shape index (κ3) is 4.08. The predicted molar refractivity (Wildman–Crippen MR) is 104 cm³/mol. The maximum Gasteiger partial charge on any atom is 0.169 e. The molecule has 1 saturated heterocycles. The Morgan fingerprint density at radius 2 is 1.85 bits per heavy atom. The molecule has 0 saturated carbocycles. The first kappa shape index (κ1) is 18.1. The van der Waals surface area contributed by atoms with Crippen molar-refractivity contribution in [2.75, 3.05) is 64.2 Å². The number of anilines is 2. The Bertz CT molecular complexity index is 769. The molecule has 3 heterocycles. The first-order chi connectivity index (χ1) is 12.7. The highest BCUT2D eigenvalue weighted by Gasteiger charge is 2.15. The van der Waals surface area contributed by atoms with Crippen LogP contribution in [0.15, 0.2) is 23.2 Å². The molecule has 8 nitrogen and oxygen atoms in total. The zero-order valence-electron chi connectivity index (χ0n) is 15.2. The van der Waals surface area contributed by atoms with E-state index >= 15 is 0 Å². The molecule has 0 aliphatic carbocycles. The Morgan fingerprint density at radius 1 is 1.12 bits per heavy atom. The van der Waals surface area contributed by atoms with E-state index in [0.29, 0.717) is 17.2 Å². The lowest BCUT2D eigenvalue weighted by Crippen LogP contribution is -2.43. The SMILES string of the molecule is C1=NCCO1.COc1cc2nc(N3CCNCC3)cc(N)c2cc1OC. The Balaban J connectivity index is 0.000000339. The fourth-order valence-electron chi connectivity index (χ4n) is 2.88. The summed E-state index contributed by atoms with van der Waals surface area (Å²) in [4.78, 5) is 10.7. The molecule has 2 aliphatic heterocycles. The third-order valence-electron chi connectivity index (χ3n) is 4.26. The lowest BCUT2D eigenvalue weighted by Gasteiger charge is -2.28. The van der Waals surface area contributed by atoms with Crippen molar-refractivity contribution in [2.45, 2.75) is 0 Å². The molecule has 1 aromatic heterocycles. The Kier molecular flexibility index (Phi) is 5.96. The molecule has 2 aliphatic rings. The van der Waals surface area contributed by atoms with Gasteiger partial charge in [0.1, 0.15) is 12.4 Å². The van der Waals surface area contributed by atoms with Crippen molar-refractivity contribution in [3.63, 3.8) is 0 Å². The second-order valence-corrected chi connectivity index (χ2v) is 5.91. The van der Waals surface area contributed by atoms with Gasteiger partial charge in [-0.1, -0.05) is 0 Å². The summed E-state index contributed by atoms with van der Waals surface area (Å²) in [5.74, 6) is 2.23. The summed E-state index contributed by atoms with van der Waals surface area (Å²) in [6.07, 6.45) is 1.49. The molecule has 0 unspecified atom stereocenters. The number of ether oxygens (including phenoxy) is 3. The van der Waals surface area contributed by atoms with E-state index in [1.54, 1.807) is 14.2 Å². The highest BCUT2D eigenvalue weighted by atomic mass is 16.5. The molecule has 140 valence electrons. The number of aromatic nitrogens is 1. The molecule has 0 radical (unpaired) electrons. The summed E-state index contributed by atoms with van der Waals surface area (Å²) in [5, 5.41) is 4.21. The number of nitrogen functional groups attached to an aromatic ring is 1. The van der Waals surface area contributed by atoms with Crippen LogP contribution in [0.2, 0.25) is 0 Å². The van der Waals surface area contributed by atoms with Gasteiger partial charge in [0.25, 0.3) is 0 Å². The highest BCUT2D eigenvalue weighted by molar-refractivity contribution is 5.94. The molecule has 8 heteroatoms. The normalized spacial score (nSPS) is 16.0. The monoisotopic (exact) mass is 359 g/mol. The van der Waals surface area contributed by atoms with Crippen LogP contribution in [-0.2, 0) is 4.74 Å². The number of benzene rings is 1. The van der Waals surface area contributed by atoms with Gasteiger partial charge >= 0.3 is 0 Å². The van der Waals surface area contributed by atoms with Crippen LogP contribution in [0.25, 0.3) is 10.9 Å². The maximum absolute atomic E-state index is 6.20. The number of nitrogens with one attached hydrogen (secondary N) is 1. The number of aliphatic imine (C=N–C) groups is 1. The van der Waals surface area contributed by atoms with Crippen LogP contribution < -0.4 is 25.4 Å². The van der Waals surface area contributed by atoms with E-state index in [4.69, 9.17) is 20.2 Å². The van der Waals surface area contributed by atoms with Gasteiger partial charge in [0, 0.05) is 49.4 Å². The van der Waals surface area contributed by atoms with Gasteiger partial charge in [-0.3, -0.25) is 4.99 Å². The molecule has 2 aromatic rings. The molecule has 4 rings (SSSR count). The van der Waals surface area contributed by atoms with E-state index in [1.165, 1.54) is 6.40 Å². The van der Waals surface area contributed by atoms with Crippen LogP contribution >= 0.6 is 0 Å². The zero-order valence-corrected chi connectivity index (χ0v) is 15.2. The number of methoxy groups -OCH3 is 2. The van der Waals surface area contributed by atoms with Crippen molar-refractivity contribution in [1.29, 1.82) is 0 Å². The second-order valence-electron chi connectivity index (χ2n) is 5.91. The van der Waals surface area contributed by atoms with Gasteiger partial charge in [0.15, 0.2) is 17.9 Å². The minimum Gasteiger partial charge on any atom is -0.493 e. The smallest absolute Gasteiger partial charge is 0.169 e. The van der Waals surface area contributed by atoms with E-state index in [-0.39, 0.29) is 0 Å². The molecule has 0 amide bonds. The second kappa shape index (κ2) is 8.57. The van der Waals surface area contributed by atoms with Gasteiger partial charge in [0.05, 0.1) is 26.3 Å². The molecule has 3 N–H and O–H groups in total. The summed E-state index contributed by atoms with van der Waals surface area (Å²) < 4.78 is 15.3. The molecule has 1 aromatic carbocycles. The number of piperazine rings is 1. The predicted octanol–water partition coefficient (Wildman–Crippen LogP) is 1.29. The molecular weight excluding hydrogens is 334 g/mol. The quantitative estimate of drug-likeness (QED) is 0.853. The van der Waals surface area contributed by atoms with Crippen LogP contribution in [0.4, 0.5) is 11.5 Å². The van der Waals surface area contributed by atoms with Crippen LogP contribution in [-0.4, -0.2) is 64.9 Å². The van der Waals surface area contributed by atoms with Gasteiger partial charge in [-0.05, 0) is 6.07 Å². The number of nitrogens with zero attached hydrogens (tertiary/aromatic N) is 3. The molecule has 26 heavy (non-hydrogen) atoms. The van der Waals surface area contributed by atoms with Gasteiger partial charge in [0.2, 0.25) is 0 Å². The third-order valence-corrected chi connectivity index (χ3v) is 4.26. The van der Waals surface area contributed by atoms with Crippen LogP contribution in [0, 0.1) is 0 Å². The molecule has 1 fully saturated rings. The van der Waals surface area contributed by atoms with E-state index in [9.17, 15) is 0 Å². The number of rotatable bonds is 3. The lowest BCUT2D eigenvalue weighted by molar-refractivity contribution is 0.356. The Morgan fingerprint density at radius 3 is 2.42 bits per heavy atom.